The van der Waals surface area contributed by atoms with E-state index in [2.05, 4.69) is 10.3 Å². The molecule has 106 valence electrons. The lowest BCUT2D eigenvalue weighted by molar-refractivity contribution is -0.122. The molecule has 20 heavy (non-hydrogen) atoms. The molecule has 2 aromatic rings. The van der Waals surface area contributed by atoms with Crippen LogP contribution in [0.15, 0.2) is 42.1 Å². The number of hydrogen-bond donors (Lipinski definition) is 3. The SMILES string of the molecule is CC(C)=CCNC(=O)C(N)Cc1c[nH]c2ccccc12. The Labute approximate surface area is 119 Å². The van der Waals surface area contributed by atoms with Crippen LogP contribution in [0.4, 0.5) is 0 Å². The largest absolute Gasteiger partial charge is 0.361 e. The van der Waals surface area contributed by atoms with Crippen molar-refractivity contribution in [3.63, 3.8) is 0 Å². The van der Waals surface area contributed by atoms with E-state index in [-0.39, 0.29) is 5.91 Å². The molecule has 1 amide bonds. The lowest BCUT2D eigenvalue weighted by Crippen LogP contribution is -2.42. The Hall–Kier alpha value is -2.07. The van der Waals surface area contributed by atoms with E-state index in [0.717, 1.165) is 16.5 Å². The molecule has 1 aromatic carbocycles. The molecule has 0 saturated heterocycles. The number of rotatable bonds is 5. The van der Waals surface area contributed by atoms with Gasteiger partial charge in [0.15, 0.2) is 0 Å². The molecule has 1 aromatic heterocycles. The second kappa shape index (κ2) is 6.39. The molecule has 2 rings (SSSR count). The molecule has 0 saturated carbocycles. The Kier molecular flexibility index (Phi) is 4.58. The number of hydrogen-bond acceptors (Lipinski definition) is 2. The lowest BCUT2D eigenvalue weighted by Gasteiger charge is -2.10. The molecule has 0 spiro atoms. The van der Waals surface area contributed by atoms with Gasteiger partial charge in [-0.2, -0.15) is 0 Å². The lowest BCUT2D eigenvalue weighted by atomic mass is 10.1. The van der Waals surface area contributed by atoms with Gasteiger partial charge in [0.2, 0.25) is 5.91 Å². The smallest absolute Gasteiger partial charge is 0.237 e. The molecular formula is C16H21N3O. The minimum atomic E-state index is -0.528. The maximum absolute atomic E-state index is 11.9. The zero-order valence-electron chi connectivity index (χ0n) is 11.9. The maximum atomic E-state index is 11.9. The van der Waals surface area contributed by atoms with Crippen LogP contribution in [-0.2, 0) is 11.2 Å². The van der Waals surface area contributed by atoms with Crippen molar-refractivity contribution in [1.29, 1.82) is 0 Å². The predicted octanol–water partition coefficient (Wildman–Crippen LogP) is 2.12. The molecule has 4 N–H and O–H groups in total. The summed E-state index contributed by atoms with van der Waals surface area (Å²) < 4.78 is 0. The van der Waals surface area contributed by atoms with Crippen molar-refractivity contribution in [2.24, 2.45) is 5.73 Å². The molecule has 4 nitrogen and oxygen atoms in total. The van der Waals surface area contributed by atoms with Crippen LogP contribution in [0.25, 0.3) is 10.9 Å². The first-order chi connectivity index (χ1) is 9.58. The molecule has 0 fully saturated rings. The number of nitrogens with two attached hydrogens (primary N) is 1. The first kappa shape index (κ1) is 14.3. The Morgan fingerprint density at radius 2 is 2.15 bits per heavy atom. The topological polar surface area (TPSA) is 70.9 Å². The minimum absolute atomic E-state index is 0.118. The predicted molar refractivity (Wildman–Crippen MR) is 82.4 cm³/mol. The van der Waals surface area contributed by atoms with E-state index in [9.17, 15) is 4.79 Å². The average Bonchev–Trinajstić information content (AvgIpc) is 2.81. The van der Waals surface area contributed by atoms with E-state index in [4.69, 9.17) is 5.73 Å². The summed E-state index contributed by atoms with van der Waals surface area (Å²) in [6.07, 6.45) is 4.43. The monoisotopic (exact) mass is 271 g/mol. The molecule has 1 unspecified atom stereocenters. The van der Waals surface area contributed by atoms with Crippen LogP contribution in [0.2, 0.25) is 0 Å². The number of allylic oxidation sites excluding steroid dienone is 1. The summed E-state index contributed by atoms with van der Waals surface area (Å²) in [5.41, 5.74) is 9.29. The Morgan fingerprint density at radius 3 is 2.90 bits per heavy atom. The zero-order chi connectivity index (χ0) is 14.5. The summed E-state index contributed by atoms with van der Waals surface area (Å²) in [4.78, 5) is 15.1. The van der Waals surface area contributed by atoms with Gasteiger partial charge in [-0.15, -0.1) is 0 Å². The van der Waals surface area contributed by atoms with Crippen LogP contribution < -0.4 is 11.1 Å². The number of aromatic amines is 1. The molecule has 0 aliphatic rings. The molecule has 1 atom stereocenters. The number of amides is 1. The molecule has 0 radical (unpaired) electrons. The van der Waals surface area contributed by atoms with Crippen LogP contribution in [-0.4, -0.2) is 23.5 Å². The summed E-state index contributed by atoms with van der Waals surface area (Å²) in [5.74, 6) is -0.118. The first-order valence-electron chi connectivity index (χ1n) is 6.79. The molecule has 0 aliphatic heterocycles. The maximum Gasteiger partial charge on any atom is 0.237 e. The fourth-order valence-corrected chi connectivity index (χ4v) is 2.12. The average molecular weight is 271 g/mol. The van der Waals surface area contributed by atoms with Crippen molar-refractivity contribution in [2.75, 3.05) is 6.54 Å². The van der Waals surface area contributed by atoms with E-state index in [1.54, 1.807) is 0 Å². The van der Waals surface area contributed by atoms with Gasteiger partial charge in [0.05, 0.1) is 6.04 Å². The second-order valence-electron chi connectivity index (χ2n) is 5.20. The van der Waals surface area contributed by atoms with Crippen LogP contribution >= 0.6 is 0 Å². The van der Waals surface area contributed by atoms with Crippen molar-refractivity contribution in [1.82, 2.24) is 10.3 Å². The van der Waals surface area contributed by atoms with Crippen molar-refractivity contribution >= 4 is 16.8 Å². The number of benzene rings is 1. The first-order valence-corrected chi connectivity index (χ1v) is 6.79. The highest BCUT2D eigenvalue weighted by Crippen LogP contribution is 2.18. The van der Waals surface area contributed by atoms with Gasteiger partial charge in [-0.25, -0.2) is 0 Å². The van der Waals surface area contributed by atoms with Crippen molar-refractivity contribution in [3.8, 4) is 0 Å². The quantitative estimate of drug-likeness (QED) is 0.729. The van der Waals surface area contributed by atoms with Crippen LogP contribution in [0.1, 0.15) is 19.4 Å². The van der Waals surface area contributed by atoms with Crippen LogP contribution in [0.5, 0.6) is 0 Å². The number of aromatic nitrogens is 1. The molecule has 1 heterocycles. The van der Waals surface area contributed by atoms with Gasteiger partial charge in [-0.3, -0.25) is 4.79 Å². The third kappa shape index (κ3) is 3.48. The second-order valence-corrected chi connectivity index (χ2v) is 5.20. The molecular weight excluding hydrogens is 250 g/mol. The van der Waals surface area contributed by atoms with Crippen molar-refractivity contribution in [3.05, 3.63) is 47.7 Å². The number of nitrogens with one attached hydrogen (secondary N) is 2. The van der Waals surface area contributed by atoms with Gasteiger partial charge in [0, 0.05) is 23.6 Å². The number of carbonyl (C=O) groups excluding carboxylic acids is 1. The van der Waals surface area contributed by atoms with E-state index >= 15 is 0 Å². The van der Waals surface area contributed by atoms with E-state index in [1.165, 1.54) is 5.57 Å². The van der Waals surface area contributed by atoms with Gasteiger partial charge in [-0.1, -0.05) is 29.8 Å². The van der Waals surface area contributed by atoms with Gasteiger partial charge in [-0.05, 0) is 31.9 Å². The van der Waals surface area contributed by atoms with E-state index in [0.29, 0.717) is 13.0 Å². The Bertz CT molecular complexity index is 623. The zero-order valence-corrected chi connectivity index (χ0v) is 11.9. The summed E-state index contributed by atoms with van der Waals surface area (Å²) >= 11 is 0. The van der Waals surface area contributed by atoms with Crippen LogP contribution in [0.3, 0.4) is 0 Å². The van der Waals surface area contributed by atoms with E-state index < -0.39 is 6.04 Å². The summed E-state index contributed by atoms with van der Waals surface area (Å²) in [6.45, 7) is 4.53. The van der Waals surface area contributed by atoms with E-state index in [1.807, 2.05) is 50.4 Å². The van der Waals surface area contributed by atoms with Crippen LogP contribution in [0, 0.1) is 0 Å². The molecule has 0 bridgehead atoms. The third-order valence-electron chi connectivity index (χ3n) is 3.24. The fraction of sp³-hybridized carbons (Fsp3) is 0.312. The fourth-order valence-electron chi connectivity index (χ4n) is 2.12. The number of carbonyl (C=O) groups is 1. The third-order valence-corrected chi connectivity index (χ3v) is 3.24. The summed E-state index contributed by atoms with van der Waals surface area (Å²) in [5, 5.41) is 3.95. The minimum Gasteiger partial charge on any atom is -0.361 e. The summed E-state index contributed by atoms with van der Waals surface area (Å²) in [7, 11) is 0. The molecule has 4 heteroatoms. The normalized spacial score (nSPS) is 12.2. The Morgan fingerprint density at radius 1 is 1.40 bits per heavy atom. The molecule has 0 aliphatic carbocycles. The Balaban J connectivity index is 1.98. The standard InChI is InChI=1S/C16H21N3O/c1-11(2)7-8-18-16(20)14(17)9-12-10-19-15-6-4-3-5-13(12)15/h3-7,10,14,19H,8-9,17H2,1-2H3,(H,18,20). The number of fused-ring (bicyclic) bond motifs is 1. The highest BCUT2D eigenvalue weighted by molar-refractivity contribution is 5.86. The van der Waals surface area contributed by atoms with Gasteiger partial charge >= 0.3 is 0 Å². The number of H-pyrrole nitrogens is 1. The highest BCUT2D eigenvalue weighted by atomic mass is 16.2. The highest BCUT2D eigenvalue weighted by Gasteiger charge is 2.15. The number of para-hydroxylation sites is 1. The van der Waals surface area contributed by atoms with Gasteiger partial charge < -0.3 is 16.0 Å². The summed E-state index contributed by atoms with van der Waals surface area (Å²) in [6, 6.07) is 7.49. The van der Waals surface area contributed by atoms with Crippen molar-refractivity contribution < 1.29 is 4.79 Å². The van der Waals surface area contributed by atoms with Crippen molar-refractivity contribution in [2.45, 2.75) is 26.3 Å². The van der Waals surface area contributed by atoms with Gasteiger partial charge in [0.25, 0.3) is 0 Å². The van der Waals surface area contributed by atoms with Gasteiger partial charge in [0.1, 0.15) is 0 Å².